The number of rotatable bonds is 2. The summed E-state index contributed by atoms with van der Waals surface area (Å²) in [7, 11) is 0. The first-order valence-corrected chi connectivity index (χ1v) is 7.91. The summed E-state index contributed by atoms with van der Waals surface area (Å²) in [5.41, 5.74) is 2.77. The lowest BCUT2D eigenvalue weighted by molar-refractivity contribution is 0.0946. The maximum Gasteiger partial charge on any atom is 0.251 e. The smallest absolute Gasteiger partial charge is 0.251 e. The van der Waals surface area contributed by atoms with Crippen LogP contribution in [0.2, 0.25) is 5.02 Å². The predicted molar refractivity (Wildman–Crippen MR) is 90.0 cm³/mol. The van der Waals surface area contributed by atoms with Crippen LogP contribution in [0, 0.1) is 5.82 Å². The lowest BCUT2D eigenvalue weighted by Crippen LogP contribution is -2.31. The van der Waals surface area contributed by atoms with Crippen LogP contribution in [0.4, 0.5) is 4.39 Å². The summed E-state index contributed by atoms with van der Waals surface area (Å²) >= 11 is 5.82. The third-order valence-corrected chi connectivity index (χ3v) is 4.34. The molecule has 0 saturated carbocycles. The molecule has 1 aromatic heterocycles. The molecule has 0 atom stereocenters. The van der Waals surface area contributed by atoms with Crippen LogP contribution in [0.15, 0.2) is 48.8 Å². The number of amides is 1. The number of halogens is 2. The Labute approximate surface area is 142 Å². The van der Waals surface area contributed by atoms with E-state index in [-0.39, 0.29) is 5.91 Å². The van der Waals surface area contributed by atoms with E-state index in [1.54, 1.807) is 29.1 Å². The highest BCUT2D eigenvalue weighted by molar-refractivity contribution is 6.30. The van der Waals surface area contributed by atoms with E-state index in [0.29, 0.717) is 28.5 Å². The number of nitrogens with zero attached hydrogens (tertiary/aromatic N) is 2. The summed E-state index contributed by atoms with van der Waals surface area (Å²) in [6.07, 6.45) is 4.15. The first-order valence-electron chi connectivity index (χ1n) is 7.54. The molecule has 1 aliphatic heterocycles. The number of carbonyl (C=O) groups excluding carboxylic acids is 1. The van der Waals surface area contributed by atoms with E-state index in [1.807, 2.05) is 18.2 Å². The lowest BCUT2D eigenvalue weighted by atomic mass is 9.99. The van der Waals surface area contributed by atoms with Crippen molar-refractivity contribution in [3.05, 3.63) is 70.8 Å². The summed E-state index contributed by atoms with van der Waals surface area (Å²) in [5, 5.41) is 3.17. The van der Waals surface area contributed by atoms with Crippen molar-refractivity contribution in [2.75, 3.05) is 6.54 Å². The van der Waals surface area contributed by atoms with Crippen LogP contribution in [0.1, 0.15) is 15.9 Å². The van der Waals surface area contributed by atoms with Gasteiger partial charge in [-0.25, -0.2) is 9.37 Å². The van der Waals surface area contributed by atoms with Crippen molar-refractivity contribution in [1.82, 2.24) is 14.9 Å². The maximum absolute atomic E-state index is 14.2. The second-order valence-electron chi connectivity index (χ2n) is 5.59. The minimum Gasteiger partial charge on any atom is -0.352 e. The van der Waals surface area contributed by atoms with Gasteiger partial charge in [0.05, 0.1) is 5.56 Å². The molecule has 0 unspecified atom stereocenters. The van der Waals surface area contributed by atoms with E-state index >= 15 is 0 Å². The summed E-state index contributed by atoms with van der Waals surface area (Å²) in [6.45, 7) is 0.650. The van der Waals surface area contributed by atoms with Gasteiger partial charge in [0.1, 0.15) is 11.6 Å². The monoisotopic (exact) mass is 341 g/mol. The molecule has 1 N–H and O–H groups in total. The number of nitrogens with one attached hydrogen (secondary N) is 1. The summed E-state index contributed by atoms with van der Waals surface area (Å²) in [5.74, 6) is -0.0663. The van der Waals surface area contributed by atoms with E-state index < -0.39 is 5.82 Å². The normalized spacial score (nSPS) is 13.5. The molecular formula is C18H13ClFN3O. The third-order valence-electron chi connectivity index (χ3n) is 4.11. The molecule has 0 spiro atoms. The van der Waals surface area contributed by atoms with Gasteiger partial charge >= 0.3 is 0 Å². The largest absolute Gasteiger partial charge is 0.352 e. The standard InChI is InChI=1S/C18H13ClFN3O/c19-12-2-4-14(16(20)9-12)17-21-7-8-23(17)13-3-1-11-5-6-22-18(24)15(11)10-13/h1-4,7-10H,5-6H2,(H,22,24). The molecule has 24 heavy (non-hydrogen) atoms. The number of fused-ring (bicyclic) bond motifs is 1. The molecule has 3 aromatic rings. The summed E-state index contributed by atoms with van der Waals surface area (Å²) in [6, 6.07) is 10.1. The molecule has 0 aliphatic carbocycles. The predicted octanol–water partition coefficient (Wildman–Crippen LogP) is 3.62. The summed E-state index contributed by atoms with van der Waals surface area (Å²) in [4.78, 5) is 16.3. The van der Waals surface area contributed by atoms with Crippen LogP contribution < -0.4 is 5.32 Å². The minimum atomic E-state index is -0.439. The Morgan fingerprint density at radius 2 is 2.04 bits per heavy atom. The molecule has 6 heteroatoms. The van der Waals surface area contributed by atoms with Gasteiger partial charge in [0.2, 0.25) is 0 Å². The first-order chi connectivity index (χ1) is 11.6. The van der Waals surface area contributed by atoms with Crippen LogP contribution in [0.5, 0.6) is 0 Å². The number of aromatic nitrogens is 2. The van der Waals surface area contributed by atoms with E-state index in [0.717, 1.165) is 17.7 Å². The van der Waals surface area contributed by atoms with Gasteiger partial charge in [0.15, 0.2) is 0 Å². The number of carbonyl (C=O) groups is 1. The van der Waals surface area contributed by atoms with Gasteiger partial charge in [-0.2, -0.15) is 0 Å². The van der Waals surface area contributed by atoms with E-state index in [2.05, 4.69) is 10.3 Å². The van der Waals surface area contributed by atoms with Crippen LogP contribution in [-0.4, -0.2) is 22.0 Å². The quantitative estimate of drug-likeness (QED) is 0.774. The van der Waals surface area contributed by atoms with Gasteiger partial charge in [-0.3, -0.25) is 9.36 Å². The van der Waals surface area contributed by atoms with Gasteiger partial charge < -0.3 is 5.32 Å². The molecule has 4 rings (SSSR count). The Hall–Kier alpha value is -2.66. The van der Waals surface area contributed by atoms with E-state index in [9.17, 15) is 9.18 Å². The van der Waals surface area contributed by atoms with Crippen molar-refractivity contribution in [3.63, 3.8) is 0 Å². The zero-order valence-corrected chi connectivity index (χ0v) is 13.3. The van der Waals surface area contributed by atoms with Gasteiger partial charge in [-0.15, -0.1) is 0 Å². The average molecular weight is 342 g/mol. The van der Waals surface area contributed by atoms with Crippen LogP contribution in [-0.2, 0) is 6.42 Å². The SMILES string of the molecule is O=C1NCCc2ccc(-n3ccnc3-c3ccc(Cl)cc3F)cc21. The lowest BCUT2D eigenvalue weighted by Gasteiger charge is -2.18. The molecule has 4 nitrogen and oxygen atoms in total. The zero-order valence-electron chi connectivity index (χ0n) is 12.6. The molecule has 1 amide bonds. The van der Waals surface area contributed by atoms with Crippen molar-refractivity contribution in [2.24, 2.45) is 0 Å². The van der Waals surface area contributed by atoms with Crippen molar-refractivity contribution < 1.29 is 9.18 Å². The molecule has 0 saturated heterocycles. The Morgan fingerprint density at radius 1 is 1.17 bits per heavy atom. The first kappa shape index (κ1) is 14.9. The molecule has 0 fully saturated rings. The van der Waals surface area contributed by atoms with Crippen molar-refractivity contribution in [2.45, 2.75) is 6.42 Å². The topological polar surface area (TPSA) is 46.9 Å². The van der Waals surface area contributed by atoms with Crippen LogP contribution in [0.3, 0.4) is 0 Å². The molecule has 0 radical (unpaired) electrons. The van der Waals surface area contributed by atoms with Crippen molar-refractivity contribution >= 4 is 17.5 Å². The van der Waals surface area contributed by atoms with Gasteiger partial charge in [-0.05, 0) is 42.3 Å². The molecule has 2 heterocycles. The number of hydrogen-bond donors (Lipinski definition) is 1. The van der Waals surface area contributed by atoms with Gasteiger partial charge in [0.25, 0.3) is 5.91 Å². The summed E-state index contributed by atoms with van der Waals surface area (Å²) < 4.78 is 16.0. The van der Waals surface area contributed by atoms with E-state index in [4.69, 9.17) is 11.6 Å². The Bertz CT molecular complexity index is 951. The highest BCUT2D eigenvalue weighted by Gasteiger charge is 2.19. The minimum absolute atomic E-state index is 0.0857. The van der Waals surface area contributed by atoms with Crippen molar-refractivity contribution in [3.8, 4) is 17.1 Å². The second-order valence-corrected chi connectivity index (χ2v) is 6.03. The molecule has 1 aliphatic rings. The Kier molecular flexibility index (Phi) is 3.58. The Balaban J connectivity index is 1.83. The molecular weight excluding hydrogens is 329 g/mol. The Morgan fingerprint density at radius 3 is 2.88 bits per heavy atom. The molecule has 0 bridgehead atoms. The van der Waals surface area contributed by atoms with Crippen LogP contribution in [0.25, 0.3) is 17.1 Å². The van der Waals surface area contributed by atoms with Crippen molar-refractivity contribution in [1.29, 1.82) is 0 Å². The van der Waals surface area contributed by atoms with E-state index in [1.165, 1.54) is 6.07 Å². The number of imidazole rings is 1. The van der Waals surface area contributed by atoms with Gasteiger partial charge in [0, 0.05) is 35.2 Å². The second kappa shape index (κ2) is 5.76. The molecule has 120 valence electrons. The average Bonchev–Trinajstić information content (AvgIpc) is 3.04. The highest BCUT2D eigenvalue weighted by Crippen LogP contribution is 2.27. The fraction of sp³-hybridized carbons (Fsp3) is 0.111. The van der Waals surface area contributed by atoms with Crippen LogP contribution >= 0.6 is 11.6 Å². The number of benzene rings is 2. The fourth-order valence-electron chi connectivity index (χ4n) is 2.93. The van der Waals surface area contributed by atoms with Gasteiger partial charge in [-0.1, -0.05) is 17.7 Å². The highest BCUT2D eigenvalue weighted by atomic mass is 35.5. The third kappa shape index (κ3) is 2.47. The maximum atomic E-state index is 14.2. The fourth-order valence-corrected chi connectivity index (χ4v) is 3.09. The molecule has 2 aromatic carbocycles. The number of hydrogen-bond acceptors (Lipinski definition) is 2. The zero-order chi connectivity index (χ0) is 16.7.